The average Bonchev–Trinajstić information content (AvgIpc) is 4.21. The van der Waals surface area contributed by atoms with Crippen LogP contribution in [0.25, 0.3) is 22.3 Å². The number of aromatic amines is 4. The Morgan fingerprint density at radius 2 is 0.588 bits per heavy atom. The fourth-order valence-electron chi connectivity index (χ4n) is 11.4. The third-order valence-corrected chi connectivity index (χ3v) is 14.9. The Morgan fingerprint density at radius 1 is 0.353 bits per heavy atom. The Hall–Kier alpha value is -6.28. The van der Waals surface area contributed by atoms with E-state index in [1.807, 2.05) is 0 Å². The minimum atomic E-state index is 0.369. The van der Waals surface area contributed by atoms with Crippen molar-refractivity contribution < 1.29 is 0 Å². The van der Waals surface area contributed by atoms with Gasteiger partial charge in [0.25, 0.3) is 0 Å². The molecule has 0 fully saturated rings. The molecule has 0 spiro atoms. The quantitative estimate of drug-likeness (QED) is 0.0904. The first-order chi connectivity index (χ1) is 33.2. The number of hydrogen-bond acceptors (Lipinski definition) is 4. The van der Waals surface area contributed by atoms with Crippen LogP contribution in [0.3, 0.4) is 0 Å². The van der Waals surface area contributed by atoms with Crippen molar-refractivity contribution in [1.82, 2.24) is 39.5 Å². The van der Waals surface area contributed by atoms with Gasteiger partial charge in [0.1, 0.15) is 0 Å². The lowest BCUT2D eigenvalue weighted by Crippen LogP contribution is -2.37. The number of hydrogen-bond donors (Lipinski definition) is 4. The Kier molecular flexibility index (Phi) is 14.4. The van der Waals surface area contributed by atoms with E-state index in [1.54, 1.807) is 0 Å². The smallest absolute Gasteiger partial charge is 0.0500 e. The Balaban J connectivity index is 1.40. The second-order valence-corrected chi connectivity index (χ2v) is 19.7. The van der Waals surface area contributed by atoms with Crippen LogP contribution in [0.2, 0.25) is 0 Å². The van der Waals surface area contributed by atoms with Gasteiger partial charge in [-0.1, -0.05) is 102 Å². The van der Waals surface area contributed by atoms with E-state index in [-0.39, 0.29) is 0 Å². The molecule has 0 saturated heterocycles. The van der Waals surface area contributed by atoms with Crippen LogP contribution in [-0.2, 0) is 0 Å². The molecule has 8 bridgehead atoms. The first-order valence-electron chi connectivity index (χ1n) is 26.1. The fourth-order valence-corrected chi connectivity index (χ4v) is 11.4. The summed E-state index contributed by atoms with van der Waals surface area (Å²) in [4.78, 5) is 26.9. The monoisotopic (exact) mass is 909 g/mol. The summed E-state index contributed by atoms with van der Waals surface area (Å²) in [7, 11) is 0. The van der Waals surface area contributed by atoms with Crippen LogP contribution in [0.4, 0.5) is 0 Å². The Bertz CT molecular complexity index is 2570. The number of H-pyrrole nitrogens is 4. The largest absolute Gasteiger partial charge is 0.364 e. The zero-order valence-corrected chi connectivity index (χ0v) is 42.1. The average molecular weight is 909 g/mol. The van der Waals surface area contributed by atoms with E-state index in [4.69, 9.17) is 0 Å². The molecule has 0 aliphatic carbocycles. The zero-order chi connectivity index (χ0) is 47.3. The number of nitrogens with zero attached hydrogens (tertiary/aromatic N) is 4. The molecule has 0 amide bonds. The van der Waals surface area contributed by atoms with Crippen molar-refractivity contribution in [3.05, 3.63) is 188 Å². The topological polar surface area (TPSA) is 76.1 Å². The van der Waals surface area contributed by atoms with Crippen molar-refractivity contribution >= 4 is 22.3 Å². The summed E-state index contributed by atoms with van der Waals surface area (Å²) in [5, 5.41) is 4.37. The minimum Gasteiger partial charge on any atom is -0.364 e. The zero-order valence-electron chi connectivity index (χ0n) is 42.1. The summed E-state index contributed by atoms with van der Waals surface area (Å²) >= 11 is 0. The maximum Gasteiger partial charge on any atom is 0.0500 e. The maximum absolute atomic E-state index is 4.12. The molecule has 8 nitrogen and oxygen atoms in total. The van der Waals surface area contributed by atoms with E-state index >= 15 is 0 Å². The predicted molar refractivity (Wildman–Crippen MR) is 285 cm³/mol. The summed E-state index contributed by atoms with van der Waals surface area (Å²) < 4.78 is 0. The minimum absolute atomic E-state index is 0.369. The number of allylic oxidation sites excluding steroid dienone is 12. The van der Waals surface area contributed by atoms with Crippen LogP contribution >= 0.6 is 0 Å². The van der Waals surface area contributed by atoms with Gasteiger partial charge in [-0.05, 0) is 126 Å². The third-order valence-electron chi connectivity index (χ3n) is 14.9. The molecule has 4 aromatic rings. The van der Waals surface area contributed by atoms with Crippen LogP contribution in [0.5, 0.6) is 0 Å². The van der Waals surface area contributed by atoms with Crippen LogP contribution in [-0.4, -0.2) is 89.9 Å². The molecule has 356 valence electrons. The van der Waals surface area contributed by atoms with Crippen LogP contribution in [0.1, 0.15) is 130 Å². The lowest BCUT2D eigenvalue weighted by molar-refractivity contribution is 0.286. The van der Waals surface area contributed by atoms with E-state index in [0.717, 1.165) is 122 Å². The Labute approximate surface area is 405 Å². The standard InChI is InChI=1S/C60H76N8/c1-9-21-41(5)65-37-17-13-25-53(65)57-45-29-31-47(61-45)58(54-26-14-18-38-66(54)42(6)22-10-2)49-33-35-51(63-49)60(56-28-16-20-40-68(56)44(8)24-12-4)52-36-34-50(64-52)59(48-32-30-46(57)62-48)55-27-15-19-39-67(55)43(7)23-11-3/h13-20,25-36,41-44,61-64H,9-12,21-24,37-40H2,1-8H3. The van der Waals surface area contributed by atoms with Crippen molar-refractivity contribution in [3.63, 3.8) is 0 Å². The molecule has 9 heterocycles. The van der Waals surface area contributed by atoms with Crippen LogP contribution in [0.15, 0.2) is 144 Å². The first kappa shape index (κ1) is 46.8. The van der Waals surface area contributed by atoms with E-state index in [9.17, 15) is 0 Å². The third kappa shape index (κ3) is 9.19. The molecule has 5 aliphatic heterocycles. The first-order valence-corrected chi connectivity index (χ1v) is 26.1. The van der Waals surface area contributed by atoms with Gasteiger partial charge in [0.2, 0.25) is 0 Å². The van der Waals surface area contributed by atoms with E-state index in [2.05, 4.69) is 216 Å². The molecule has 0 saturated carbocycles. The molecular weight excluding hydrogens is 833 g/mol. The second kappa shape index (κ2) is 20.9. The maximum atomic E-state index is 4.12. The van der Waals surface area contributed by atoms with Gasteiger partial charge in [0.05, 0.1) is 44.2 Å². The fraction of sp³-hybridized carbons (Fsp3) is 0.400. The number of aromatic nitrogens is 4. The van der Waals surface area contributed by atoms with Gasteiger partial charge >= 0.3 is 0 Å². The summed E-state index contributed by atoms with van der Waals surface area (Å²) in [6, 6.07) is 20.0. The molecule has 5 aliphatic rings. The van der Waals surface area contributed by atoms with Crippen LogP contribution in [0, 0.1) is 0 Å². The van der Waals surface area contributed by atoms with Crippen molar-refractivity contribution in [3.8, 4) is 0 Å². The molecule has 4 unspecified atom stereocenters. The molecular formula is C60H76N8. The lowest BCUT2D eigenvalue weighted by Gasteiger charge is -2.35. The van der Waals surface area contributed by atoms with Crippen molar-refractivity contribution in [2.75, 3.05) is 26.2 Å². The summed E-state index contributed by atoms with van der Waals surface area (Å²) in [5.41, 5.74) is 14.0. The molecule has 0 aromatic carbocycles. The summed E-state index contributed by atoms with van der Waals surface area (Å²) in [5.74, 6) is 0. The van der Waals surface area contributed by atoms with Crippen molar-refractivity contribution in [2.45, 2.75) is 131 Å². The highest BCUT2D eigenvalue weighted by atomic mass is 15.2. The van der Waals surface area contributed by atoms with Crippen molar-refractivity contribution in [2.24, 2.45) is 0 Å². The normalized spacial score (nSPS) is 19.1. The number of nitrogens with one attached hydrogen (secondary N) is 4. The van der Waals surface area contributed by atoms with E-state index < -0.39 is 0 Å². The second-order valence-electron chi connectivity index (χ2n) is 19.7. The summed E-state index contributed by atoms with van der Waals surface area (Å²) in [6.45, 7) is 22.2. The van der Waals surface area contributed by atoms with Gasteiger partial charge in [0, 0.05) is 95.4 Å². The number of fused-ring (bicyclic) bond motifs is 8. The molecule has 4 atom stereocenters. The number of rotatable bonds is 16. The van der Waals surface area contributed by atoms with Gasteiger partial charge in [0.15, 0.2) is 0 Å². The molecule has 9 rings (SSSR count). The highest BCUT2D eigenvalue weighted by Gasteiger charge is 2.30. The molecule has 4 N–H and O–H groups in total. The van der Waals surface area contributed by atoms with Crippen molar-refractivity contribution in [1.29, 1.82) is 0 Å². The summed E-state index contributed by atoms with van der Waals surface area (Å²) in [6.07, 6.45) is 36.5. The van der Waals surface area contributed by atoms with Crippen LogP contribution < -0.4 is 21.4 Å². The van der Waals surface area contributed by atoms with Gasteiger partial charge in [-0.3, -0.25) is 0 Å². The van der Waals surface area contributed by atoms with E-state index in [0.29, 0.717) is 24.2 Å². The highest BCUT2D eigenvalue weighted by Crippen LogP contribution is 2.35. The SMILES string of the molecule is CCCC(C)N1CC=CC=C1C1=c2ccc([nH]2)=C(C2=CC=CCN2C(C)CCC)c2ccc([nH]2)C(C2=CC=CCN2C(C)CCC)=c2ccc([nH]2)=C(C2=CC=CCN2C(C)CCC)c2ccc1[nH]2. The Morgan fingerprint density at radius 3 is 0.809 bits per heavy atom. The highest BCUT2D eigenvalue weighted by molar-refractivity contribution is 5.84. The van der Waals surface area contributed by atoms with Gasteiger partial charge < -0.3 is 39.5 Å². The predicted octanol–water partition coefficient (Wildman–Crippen LogP) is 9.89. The molecule has 4 aromatic heterocycles. The van der Waals surface area contributed by atoms with Gasteiger partial charge in [-0.2, -0.15) is 0 Å². The molecule has 8 heteroatoms. The lowest BCUT2D eigenvalue weighted by atomic mass is 10.0. The molecule has 68 heavy (non-hydrogen) atoms. The van der Waals surface area contributed by atoms with E-state index in [1.165, 1.54) is 45.1 Å². The molecule has 0 radical (unpaired) electrons. The van der Waals surface area contributed by atoms with Gasteiger partial charge in [-0.15, -0.1) is 0 Å². The van der Waals surface area contributed by atoms with Gasteiger partial charge in [-0.25, -0.2) is 0 Å².